The molecule has 0 atom stereocenters. The van der Waals surface area contributed by atoms with Gasteiger partial charge in [-0.05, 0) is 42.9 Å². The Morgan fingerprint density at radius 3 is 2.42 bits per heavy atom. The van der Waals surface area contributed by atoms with E-state index in [2.05, 4.69) is 22.5 Å². The second-order valence-electron chi connectivity index (χ2n) is 6.06. The fraction of sp³-hybridized carbons (Fsp3) is 0.353. The fourth-order valence-electron chi connectivity index (χ4n) is 3.07. The molecule has 2 aromatic rings. The smallest absolute Gasteiger partial charge is 0.244 e. The van der Waals surface area contributed by atoms with Crippen molar-refractivity contribution in [3.63, 3.8) is 0 Å². The lowest BCUT2D eigenvalue weighted by Crippen LogP contribution is -2.38. The molecule has 24 heavy (non-hydrogen) atoms. The van der Waals surface area contributed by atoms with Gasteiger partial charge in [0.1, 0.15) is 10.7 Å². The Bertz CT molecular complexity index is 755. The highest BCUT2D eigenvalue weighted by atomic mass is 32.2. The molecule has 2 heterocycles. The summed E-state index contributed by atoms with van der Waals surface area (Å²) in [6, 6.07) is 13.5. The SMILES string of the molecule is NNc1ccc(S(=O)(=O)N2CCC(Cc3ccccc3)CC2)cn1. The Labute approximate surface area is 142 Å². The van der Waals surface area contributed by atoms with Gasteiger partial charge < -0.3 is 5.43 Å². The van der Waals surface area contributed by atoms with E-state index in [-0.39, 0.29) is 4.90 Å². The minimum atomic E-state index is -3.48. The summed E-state index contributed by atoms with van der Waals surface area (Å²) in [6.45, 7) is 1.10. The largest absolute Gasteiger partial charge is 0.308 e. The van der Waals surface area contributed by atoms with Gasteiger partial charge in [0.15, 0.2) is 0 Å². The third kappa shape index (κ3) is 3.75. The molecule has 0 unspecified atom stereocenters. The van der Waals surface area contributed by atoms with Crippen molar-refractivity contribution in [2.45, 2.75) is 24.2 Å². The first-order chi connectivity index (χ1) is 11.6. The molecule has 6 nitrogen and oxygen atoms in total. The van der Waals surface area contributed by atoms with Gasteiger partial charge in [-0.2, -0.15) is 4.31 Å². The Morgan fingerprint density at radius 1 is 1.12 bits per heavy atom. The van der Waals surface area contributed by atoms with E-state index >= 15 is 0 Å². The molecule has 1 aliphatic rings. The lowest BCUT2D eigenvalue weighted by atomic mass is 9.91. The van der Waals surface area contributed by atoms with Crippen molar-refractivity contribution in [3.8, 4) is 0 Å². The van der Waals surface area contributed by atoms with Crippen molar-refractivity contribution in [3.05, 3.63) is 54.2 Å². The lowest BCUT2D eigenvalue weighted by molar-refractivity contribution is 0.273. The zero-order chi connectivity index (χ0) is 17.0. The molecule has 0 spiro atoms. The van der Waals surface area contributed by atoms with Gasteiger partial charge >= 0.3 is 0 Å². The number of hydrazine groups is 1. The number of nitrogens with one attached hydrogen (secondary N) is 1. The minimum absolute atomic E-state index is 0.211. The minimum Gasteiger partial charge on any atom is -0.308 e. The van der Waals surface area contributed by atoms with Gasteiger partial charge in [-0.25, -0.2) is 19.2 Å². The summed E-state index contributed by atoms with van der Waals surface area (Å²) in [5.41, 5.74) is 3.71. The Kier molecular flexibility index (Phi) is 5.13. The number of hydrogen-bond donors (Lipinski definition) is 2. The third-order valence-electron chi connectivity index (χ3n) is 4.46. The fourth-order valence-corrected chi connectivity index (χ4v) is 4.48. The molecule has 0 aliphatic carbocycles. The van der Waals surface area contributed by atoms with E-state index in [1.54, 1.807) is 10.4 Å². The number of sulfonamides is 1. The van der Waals surface area contributed by atoms with E-state index < -0.39 is 10.0 Å². The van der Waals surface area contributed by atoms with Crippen LogP contribution in [0.1, 0.15) is 18.4 Å². The van der Waals surface area contributed by atoms with Crippen molar-refractivity contribution >= 4 is 15.8 Å². The van der Waals surface area contributed by atoms with Crippen molar-refractivity contribution in [2.75, 3.05) is 18.5 Å². The molecule has 1 fully saturated rings. The average Bonchev–Trinajstić information content (AvgIpc) is 2.63. The van der Waals surface area contributed by atoms with Gasteiger partial charge in [0.05, 0.1) is 0 Å². The molecule has 128 valence electrons. The summed E-state index contributed by atoms with van der Waals surface area (Å²) in [6.07, 6.45) is 4.11. The quantitative estimate of drug-likeness (QED) is 0.639. The molecular formula is C17H22N4O2S. The predicted octanol–water partition coefficient (Wildman–Crippen LogP) is 2.01. The van der Waals surface area contributed by atoms with Crippen molar-refractivity contribution in [2.24, 2.45) is 11.8 Å². The van der Waals surface area contributed by atoms with Crippen molar-refractivity contribution in [1.29, 1.82) is 0 Å². The maximum Gasteiger partial charge on any atom is 0.244 e. The summed E-state index contributed by atoms with van der Waals surface area (Å²) in [7, 11) is -3.48. The van der Waals surface area contributed by atoms with Crippen molar-refractivity contribution < 1.29 is 8.42 Å². The van der Waals surface area contributed by atoms with Gasteiger partial charge in [-0.15, -0.1) is 0 Å². The van der Waals surface area contributed by atoms with Gasteiger partial charge in [0.25, 0.3) is 0 Å². The highest BCUT2D eigenvalue weighted by Crippen LogP contribution is 2.26. The molecule has 0 saturated carbocycles. The molecule has 3 rings (SSSR count). The number of hydrogen-bond acceptors (Lipinski definition) is 5. The maximum absolute atomic E-state index is 12.7. The van der Waals surface area contributed by atoms with Crippen LogP contribution in [0.15, 0.2) is 53.6 Å². The summed E-state index contributed by atoms with van der Waals surface area (Å²) in [5, 5.41) is 0. The Hall–Kier alpha value is -1.96. The van der Waals surface area contributed by atoms with Crippen LogP contribution in [-0.4, -0.2) is 30.8 Å². The average molecular weight is 346 g/mol. The number of nitrogens with zero attached hydrogens (tertiary/aromatic N) is 2. The highest BCUT2D eigenvalue weighted by Gasteiger charge is 2.29. The Balaban J connectivity index is 1.62. The number of nitrogens with two attached hydrogens (primary N) is 1. The van der Waals surface area contributed by atoms with Crippen LogP contribution >= 0.6 is 0 Å². The normalized spacial score (nSPS) is 16.9. The number of piperidine rings is 1. The molecule has 1 saturated heterocycles. The first kappa shape index (κ1) is 16.9. The van der Waals surface area contributed by atoms with Crippen LogP contribution in [0, 0.1) is 5.92 Å². The topological polar surface area (TPSA) is 88.3 Å². The van der Waals surface area contributed by atoms with E-state index in [1.165, 1.54) is 17.8 Å². The second-order valence-corrected chi connectivity index (χ2v) is 8.00. The maximum atomic E-state index is 12.7. The zero-order valence-electron chi connectivity index (χ0n) is 13.4. The second kappa shape index (κ2) is 7.29. The first-order valence-corrected chi connectivity index (χ1v) is 9.50. The highest BCUT2D eigenvalue weighted by molar-refractivity contribution is 7.89. The predicted molar refractivity (Wildman–Crippen MR) is 93.7 cm³/mol. The third-order valence-corrected chi connectivity index (χ3v) is 6.34. The molecule has 1 aliphatic heterocycles. The molecule has 1 aromatic carbocycles. The summed E-state index contributed by atoms with van der Waals surface area (Å²) < 4.78 is 26.9. The van der Waals surface area contributed by atoms with Gasteiger partial charge in [-0.1, -0.05) is 30.3 Å². The number of anilines is 1. The monoisotopic (exact) mass is 346 g/mol. The van der Waals surface area contributed by atoms with E-state index in [1.807, 2.05) is 18.2 Å². The van der Waals surface area contributed by atoms with Gasteiger partial charge in [0, 0.05) is 19.3 Å². The van der Waals surface area contributed by atoms with Crippen LogP contribution in [0.4, 0.5) is 5.82 Å². The van der Waals surface area contributed by atoms with E-state index in [4.69, 9.17) is 5.84 Å². The van der Waals surface area contributed by atoms with Crippen LogP contribution in [0.2, 0.25) is 0 Å². The lowest BCUT2D eigenvalue weighted by Gasteiger charge is -2.31. The molecule has 7 heteroatoms. The summed E-state index contributed by atoms with van der Waals surface area (Å²) in [4.78, 5) is 4.20. The van der Waals surface area contributed by atoms with Crippen LogP contribution in [-0.2, 0) is 16.4 Å². The first-order valence-electron chi connectivity index (χ1n) is 8.06. The molecule has 1 aromatic heterocycles. The van der Waals surface area contributed by atoms with Crippen LogP contribution in [0.5, 0.6) is 0 Å². The number of aromatic nitrogens is 1. The standard InChI is InChI=1S/C17H22N4O2S/c18-20-17-7-6-16(13-19-17)24(22,23)21-10-8-15(9-11-21)12-14-4-2-1-3-5-14/h1-7,13,15H,8-12,18H2,(H,19,20). The number of benzene rings is 1. The molecule has 0 amide bonds. The molecular weight excluding hydrogens is 324 g/mol. The number of pyridine rings is 1. The van der Waals surface area contributed by atoms with Gasteiger partial charge in [0.2, 0.25) is 10.0 Å². The Morgan fingerprint density at radius 2 is 1.83 bits per heavy atom. The van der Waals surface area contributed by atoms with Crippen molar-refractivity contribution in [1.82, 2.24) is 9.29 Å². The molecule has 3 N–H and O–H groups in total. The number of rotatable bonds is 5. The molecule has 0 radical (unpaired) electrons. The van der Waals surface area contributed by atoms with E-state index in [0.717, 1.165) is 19.3 Å². The van der Waals surface area contributed by atoms with Crippen LogP contribution in [0.3, 0.4) is 0 Å². The summed E-state index contributed by atoms with van der Waals surface area (Å²) in [5.74, 6) is 6.23. The zero-order valence-corrected chi connectivity index (χ0v) is 14.2. The number of nitrogen functional groups attached to an aromatic ring is 1. The van der Waals surface area contributed by atoms with E-state index in [9.17, 15) is 8.42 Å². The van der Waals surface area contributed by atoms with E-state index in [0.29, 0.717) is 24.8 Å². The molecule has 0 bridgehead atoms. The van der Waals surface area contributed by atoms with Crippen LogP contribution in [0.25, 0.3) is 0 Å². The summed E-state index contributed by atoms with van der Waals surface area (Å²) >= 11 is 0. The van der Waals surface area contributed by atoms with Crippen LogP contribution < -0.4 is 11.3 Å². The van der Waals surface area contributed by atoms with Gasteiger partial charge in [-0.3, -0.25) is 0 Å².